The first kappa shape index (κ1) is 13.9. The molecule has 1 aliphatic carbocycles. The predicted molar refractivity (Wildman–Crippen MR) is 84.2 cm³/mol. The van der Waals surface area contributed by atoms with Crippen molar-refractivity contribution in [2.75, 3.05) is 12.4 Å². The fourth-order valence-corrected chi connectivity index (χ4v) is 3.99. The van der Waals surface area contributed by atoms with E-state index in [0.29, 0.717) is 5.56 Å². The fourth-order valence-electron chi connectivity index (χ4n) is 2.69. The minimum absolute atomic E-state index is 0.450. The van der Waals surface area contributed by atoms with E-state index < -0.39 is 5.97 Å². The molecule has 3 rings (SSSR count). The van der Waals surface area contributed by atoms with Crippen LogP contribution in [0.5, 0.6) is 5.75 Å². The number of fused-ring (bicyclic) bond motifs is 1. The number of carbonyl (C=O) groups is 1. The number of aromatic carboxylic acids is 1. The van der Waals surface area contributed by atoms with Gasteiger partial charge in [-0.15, -0.1) is 11.3 Å². The molecule has 0 saturated carbocycles. The van der Waals surface area contributed by atoms with Crippen LogP contribution in [0.25, 0.3) is 0 Å². The van der Waals surface area contributed by atoms with E-state index in [1.54, 1.807) is 18.4 Å². The molecule has 21 heavy (non-hydrogen) atoms. The number of ether oxygens (including phenoxy) is 1. The molecule has 0 atom stereocenters. The maximum atomic E-state index is 11.6. The average molecular weight is 303 g/mol. The maximum Gasteiger partial charge on any atom is 0.339 e. The van der Waals surface area contributed by atoms with E-state index in [-0.39, 0.29) is 0 Å². The quantitative estimate of drug-likeness (QED) is 0.893. The lowest BCUT2D eigenvalue weighted by atomic mass is 9.95. The van der Waals surface area contributed by atoms with Crippen molar-refractivity contribution in [2.45, 2.75) is 25.7 Å². The summed E-state index contributed by atoms with van der Waals surface area (Å²) in [4.78, 5) is 12.8. The maximum absolute atomic E-state index is 11.6. The first-order valence-electron chi connectivity index (χ1n) is 6.98. The van der Waals surface area contributed by atoms with Crippen LogP contribution in [0.4, 0.5) is 10.7 Å². The second kappa shape index (κ2) is 5.77. The van der Waals surface area contributed by atoms with Crippen molar-refractivity contribution in [3.8, 4) is 5.75 Å². The Bertz CT molecular complexity index is 661. The van der Waals surface area contributed by atoms with Gasteiger partial charge in [0.2, 0.25) is 0 Å². The number of benzene rings is 1. The molecule has 1 aromatic carbocycles. The van der Waals surface area contributed by atoms with Crippen LogP contribution in [0.3, 0.4) is 0 Å². The summed E-state index contributed by atoms with van der Waals surface area (Å²) < 4.78 is 5.13. The van der Waals surface area contributed by atoms with Crippen molar-refractivity contribution in [3.63, 3.8) is 0 Å². The molecule has 0 bridgehead atoms. The minimum atomic E-state index is -0.842. The van der Waals surface area contributed by atoms with Gasteiger partial charge in [-0.3, -0.25) is 0 Å². The van der Waals surface area contributed by atoms with Gasteiger partial charge >= 0.3 is 5.97 Å². The zero-order valence-corrected chi connectivity index (χ0v) is 12.6. The van der Waals surface area contributed by atoms with Gasteiger partial charge in [-0.2, -0.15) is 0 Å². The van der Waals surface area contributed by atoms with E-state index in [2.05, 4.69) is 5.32 Å². The van der Waals surface area contributed by atoms with Crippen LogP contribution < -0.4 is 10.1 Å². The Morgan fingerprint density at radius 2 is 1.95 bits per heavy atom. The van der Waals surface area contributed by atoms with Crippen LogP contribution in [0.1, 0.15) is 33.6 Å². The number of aryl methyl sites for hydroxylation is 1. The van der Waals surface area contributed by atoms with Gasteiger partial charge in [-0.05, 0) is 55.5 Å². The molecule has 0 aliphatic heterocycles. The highest BCUT2D eigenvalue weighted by atomic mass is 32.1. The first-order valence-corrected chi connectivity index (χ1v) is 7.79. The summed E-state index contributed by atoms with van der Waals surface area (Å²) in [5.41, 5.74) is 2.34. The summed E-state index contributed by atoms with van der Waals surface area (Å²) in [5.74, 6) is -0.0603. The minimum Gasteiger partial charge on any atom is -0.497 e. The Hall–Kier alpha value is -2.01. The molecule has 4 nitrogen and oxygen atoms in total. The lowest BCUT2D eigenvalue weighted by molar-refractivity contribution is 0.0697. The van der Waals surface area contributed by atoms with Crippen LogP contribution in [0, 0.1) is 0 Å². The van der Waals surface area contributed by atoms with E-state index in [4.69, 9.17) is 4.74 Å². The number of hydrogen-bond donors (Lipinski definition) is 2. The molecule has 110 valence electrons. The Morgan fingerprint density at radius 3 is 2.62 bits per heavy atom. The first-order chi connectivity index (χ1) is 10.2. The summed E-state index contributed by atoms with van der Waals surface area (Å²) in [6.07, 6.45) is 4.09. The monoisotopic (exact) mass is 303 g/mol. The molecule has 0 fully saturated rings. The Labute approximate surface area is 127 Å². The molecule has 2 aromatic rings. The highest BCUT2D eigenvalue weighted by molar-refractivity contribution is 7.16. The zero-order valence-electron chi connectivity index (χ0n) is 11.8. The molecule has 0 unspecified atom stereocenters. The highest BCUT2D eigenvalue weighted by Gasteiger charge is 2.25. The van der Waals surface area contributed by atoms with E-state index in [0.717, 1.165) is 47.7 Å². The molecular formula is C16H17NO3S. The number of hydrogen-bond acceptors (Lipinski definition) is 4. The van der Waals surface area contributed by atoms with Crippen LogP contribution in [0.2, 0.25) is 0 Å². The van der Waals surface area contributed by atoms with Crippen LogP contribution in [-0.4, -0.2) is 18.2 Å². The van der Waals surface area contributed by atoms with Crippen molar-refractivity contribution in [2.24, 2.45) is 0 Å². The zero-order chi connectivity index (χ0) is 14.8. The third-order valence-corrected chi connectivity index (χ3v) is 4.94. The molecular weight excluding hydrogens is 286 g/mol. The molecule has 0 saturated heterocycles. The van der Waals surface area contributed by atoms with E-state index in [9.17, 15) is 9.90 Å². The second-order valence-electron chi connectivity index (χ2n) is 5.07. The molecule has 0 amide bonds. The summed E-state index contributed by atoms with van der Waals surface area (Å²) in [5, 5.41) is 13.5. The third-order valence-electron chi connectivity index (χ3n) is 3.73. The van der Waals surface area contributed by atoms with Crippen LogP contribution >= 0.6 is 11.3 Å². The van der Waals surface area contributed by atoms with Gasteiger partial charge in [0.05, 0.1) is 12.7 Å². The molecule has 1 aromatic heterocycles. The third kappa shape index (κ3) is 2.74. The lowest BCUT2D eigenvalue weighted by Crippen LogP contribution is -2.06. The number of methoxy groups -OCH3 is 1. The van der Waals surface area contributed by atoms with Gasteiger partial charge in [0.25, 0.3) is 0 Å². The normalized spacial score (nSPS) is 13.6. The highest BCUT2D eigenvalue weighted by Crippen LogP contribution is 2.39. The van der Waals surface area contributed by atoms with Crippen molar-refractivity contribution in [3.05, 3.63) is 40.3 Å². The van der Waals surface area contributed by atoms with Crippen LogP contribution in [-0.2, 0) is 12.8 Å². The van der Waals surface area contributed by atoms with Gasteiger partial charge in [0.1, 0.15) is 10.8 Å². The molecule has 1 heterocycles. The summed E-state index contributed by atoms with van der Waals surface area (Å²) >= 11 is 1.57. The molecule has 0 spiro atoms. The smallest absolute Gasteiger partial charge is 0.339 e. The number of nitrogens with one attached hydrogen (secondary N) is 1. The SMILES string of the molecule is COc1ccc(Nc2sc3c(c2C(=O)O)CCCC3)cc1. The lowest BCUT2D eigenvalue weighted by Gasteiger charge is -2.11. The molecule has 1 aliphatic rings. The molecule has 0 radical (unpaired) electrons. The summed E-state index contributed by atoms with van der Waals surface area (Å²) in [6, 6.07) is 7.50. The number of rotatable bonds is 4. The summed E-state index contributed by atoms with van der Waals surface area (Å²) in [7, 11) is 1.62. The van der Waals surface area contributed by atoms with Gasteiger partial charge in [-0.25, -0.2) is 4.79 Å². The fraction of sp³-hybridized carbons (Fsp3) is 0.312. The van der Waals surface area contributed by atoms with Gasteiger partial charge in [-0.1, -0.05) is 0 Å². The molecule has 5 heteroatoms. The van der Waals surface area contributed by atoms with Crippen molar-refractivity contribution >= 4 is 28.0 Å². The number of carboxylic acid groups (broad SMARTS) is 1. The van der Waals surface area contributed by atoms with E-state index in [1.165, 1.54) is 4.88 Å². The van der Waals surface area contributed by atoms with E-state index >= 15 is 0 Å². The van der Waals surface area contributed by atoms with Crippen molar-refractivity contribution < 1.29 is 14.6 Å². The van der Waals surface area contributed by atoms with Gasteiger partial charge < -0.3 is 15.2 Å². The Morgan fingerprint density at radius 1 is 1.24 bits per heavy atom. The molecule has 2 N–H and O–H groups in total. The predicted octanol–water partition coefficient (Wildman–Crippen LogP) is 4.08. The Kier molecular flexibility index (Phi) is 3.84. The van der Waals surface area contributed by atoms with Gasteiger partial charge in [0, 0.05) is 10.6 Å². The van der Waals surface area contributed by atoms with Crippen LogP contribution in [0.15, 0.2) is 24.3 Å². The summed E-state index contributed by atoms with van der Waals surface area (Å²) in [6.45, 7) is 0. The average Bonchev–Trinajstić information content (AvgIpc) is 2.86. The topological polar surface area (TPSA) is 58.6 Å². The van der Waals surface area contributed by atoms with Crippen molar-refractivity contribution in [1.82, 2.24) is 0 Å². The number of carboxylic acids is 1. The Balaban J connectivity index is 1.93. The van der Waals surface area contributed by atoms with Gasteiger partial charge in [0.15, 0.2) is 0 Å². The standard InChI is InChI=1S/C16H17NO3S/c1-20-11-8-6-10(7-9-11)17-15-14(16(18)19)12-4-2-3-5-13(12)21-15/h6-9,17H,2-5H2,1H3,(H,18,19). The van der Waals surface area contributed by atoms with E-state index in [1.807, 2.05) is 24.3 Å². The number of thiophene rings is 1. The second-order valence-corrected chi connectivity index (χ2v) is 6.18. The largest absolute Gasteiger partial charge is 0.497 e. The number of anilines is 2. The van der Waals surface area contributed by atoms with Crippen molar-refractivity contribution in [1.29, 1.82) is 0 Å².